The number of thiazole rings is 1. The molecule has 0 bridgehead atoms. The second-order valence-corrected chi connectivity index (χ2v) is 19.5. The molecule has 3 heterocycles. The van der Waals surface area contributed by atoms with E-state index in [1.165, 1.54) is 105 Å². The Kier molecular flexibility index (Phi) is 9.38. The van der Waals surface area contributed by atoms with Gasteiger partial charge in [0, 0.05) is 32.7 Å². The normalized spacial score (nSPS) is 24.4. The third kappa shape index (κ3) is 5.93. The number of aromatic nitrogens is 2. The summed E-state index contributed by atoms with van der Waals surface area (Å²) < 4.78 is 4.24. The van der Waals surface area contributed by atoms with E-state index in [0.717, 1.165) is 39.9 Å². The van der Waals surface area contributed by atoms with Crippen LogP contribution in [0.15, 0.2) is 89.8 Å². The number of hydrogen-bond acceptors (Lipinski definition) is 3. The maximum absolute atomic E-state index is 5.10. The van der Waals surface area contributed by atoms with Crippen molar-refractivity contribution in [3.63, 3.8) is 0 Å². The van der Waals surface area contributed by atoms with Crippen molar-refractivity contribution >= 4 is 44.2 Å². The molecule has 6 aromatic rings. The van der Waals surface area contributed by atoms with Crippen LogP contribution in [0, 0.1) is 49.4 Å². The third-order valence-electron chi connectivity index (χ3n) is 14.1. The van der Waals surface area contributed by atoms with E-state index in [2.05, 4.69) is 131 Å². The molecular weight excluding hydrogens is 681 g/mol. The highest BCUT2D eigenvalue weighted by Crippen LogP contribution is 2.62. The Bertz CT molecular complexity index is 2210. The molecule has 2 aromatic heterocycles. The smallest absolute Gasteiger partial charge is 0.124 e. The summed E-state index contributed by atoms with van der Waals surface area (Å²) >= 11 is 3.82. The van der Waals surface area contributed by atoms with Crippen LogP contribution >= 0.6 is 23.1 Å². The zero-order valence-corrected chi connectivity index (χ0v) is 34.3. The lowest BCUT2D eigenvalue weighted by Gasteiger charge is -2.51. The Morgan fingerprint density at radius 1 is 0.755 bits per heavy atom. The molecule has 0 atom stereocenters. The number of benzene rings is 4. The van der Waals surface area contributed by atoms with E-state index in [9.17, 15) is 0 Å². The first-order valence-electron chi connectivity index (χ1n) is 20.6. The van der Waals surface area contributed by atoms with Gasteiger partial charge in [0.25, 0.3) is 0 Å². The van der Waals surface area contributed by atoms with Gasteiger partial charge in [-0.1, -0.05) is 76.2 Å². The summed E-state index contributed by atoms with van der Waals surface area (Å²) in [5.41, 5.74) is 12.7. The van der Waals surface area contributed by atoms with Crippen LogP contribution in [-0.2, 0) is 11.3 Å². The SMILES string of the molecule is Cc1ccccc1SCc1ccc2c(c1)C(C1CCC(C(C)C)CC1)(C1CCC(C(C)C)CC1)n1c-2c(C)c2cc(-c3nc4ccccc4s3)ccc21. The first kappa shape index (κ1) is 35.4. The van der Waals surface area contributed by atoms with Crippen molar-refractivity contribution in [1.29, 1.82) is 0 Å². The number of hydrogen-bond donors (Lipinski definition) is 0. The monoisotopic (exact) mass is 736 g/mol. The van der Waals surface area contributed by atoms with Crippen molar-refractivity contribution in [2.24, 2.45) is 35.5 Å². The van der Waals surface area contributed by atoms with Gasteiger partial charge in [-0.2, -0.15) is 0 Å². The van der Waals surface area contributed by atoms with Gasteiger partial charge in [0.15, 0.2) is 0 Å². The molecule has 0 amide bonds. The lowest BCUT2D eigenvalue weighted by atomic mass is 9.58. The fraction of sp³-hybridized carbons (Fsp3) is 0.449. The van der Waals surface area contributed by atoms with Gasteiger partial charge in [-0.25, -0.2) is 4.98 Å². The summed E-state index contributed by atoms with van der Waals surface area (Å²) in [7, 11) is 0. The molecule has 274 valence electrons. The molecule has 0 radical (unpaired) electrons. The summed E-state index contributed by atoms with van der Waals surface area (Å²) in [6.07, 6.45) is 10.8. The summed E-state index contributed by atoms with van der Waals surface area (Å²) in [6.45, 7) is 14.5. The molecule has 2 nitrogen and oxygen atoms in total. The van der Waals surface area contributed by atoms with E-state index in [1.54, 1.807) is 5.56 Å². The van der Waals surface area contributed by atoms with E-state index in [0.29, 0.717) is 11.8 Å². The Hall–Kier alpha value is -3.34. The van der Waals surface area contributed by atoms with Crippen LogP contribution < -0.4 is 0 Å². The van der Waals surface area contributed by atoms with Crippen LogP contribution in [0.2, 0.25) is 0 Å². The van der Waals surface area contributed by atoms with Gasteiger partial charge < -0.3 is 4.57 Å². The average molecular weight is 737 g/mol. The van der Waals surface area contributed by atoms with Gasteiger partial charge in [-0.15, -0.1) is 23.1 Å². The zero-order valence-electron chi connectivity index (χ0n) is 32.6. The molecule has 2 saturated carbocycles. The van der Waals surface area contributed by atoms with Crippen molar-refractivity contribution in [3.05, 3.63) is 107 Å². The maximum atomic E-state index is 5.10. The van der Waals surface area contributed by atoms with Crippen molar-refractivity contribution < 1.29 is 0 Å². The Balaban J connectivity index is 1.23. The molecular formula is C49H56N2S2. The lowest BCUT2D eigenvalue weighted by Crippen LogP contribution is -2.49. The van der Waals surface area contributed by atoms with Gasteiger partial charge in [0.2, 0.25) is 0 Å². The minimum Gasteiger partial charge on any atom is -0.329 e. The molecule has 4 aromatic carbocycles. The van der Waals surface area contributed by atoms with E-state index >= 15 is 0 Å². The van der Waals surface area contributed by atoms with E-state index in [4.69, 9.17) is 4.98 Å². The number of fused-ring (bicyclic) bond motifs is 6. The number of nitrogens with zero attached hydrogens (tertiary/aromatic N) is 2. The lowest BCUT2D eigenvalue weighted by molar-refractivity contribution is 0.0490. The first-order valence-corrected chi connectivity index (χ1v) is 22.4. The summed E-state index contributed by atoms with van der Waals surface area (Å²) in [6, 6.07) is 32.5. The largest absolute Gasteiger partial charge is 0.329 e. The highest BCUT2D eigenvalue weighted by Gasteiger charge is 2.55. The molecule has 1 aliphatic heterocycles. The minimum atomic E-state index is -0.0260. The summed E-state index contributed by atoms with van der Waals surface area (Å²) in [5.74, 6) is 5.50. The topological polar surface area (TPSA) is 17.8 Å². The highest BCUT2D eigenvalue weighted by atomic mass is 32.2. The fourth-order valence-electron chi connectivity index (χ4n) is 11.1. The predicted octanol–water partition coefficient (Wildman–Crippen LogP) is 14.5. The molecule has 9 rings (SSSR count). The number of thioether (sulfide) groups is 1. The van der Waals surface area contributed by atoms with Crippen LogP contribution in [0.5, 0.6) is 0 Å². The van der Waals surface area contributed by atoms with Gasteiger partial charge in [0.05, 0.1) is 21.4 Å². The van der Waals surface area contributed by atoms with Crippen molar-refractivity contribution in [2.45, 2.75) is 109 Å². The quantitative estimate of drug-likeness (QED) is 0.145. The molecule has 2 fully saturated rings. The molecule has 3 aliphatic rings. The van der Waals surface area contributed by atoms with Gasteiger partial charge in [-0.3, -0.25) is 0 Å². The standard InChI is InChI=1S/C49H56N2S2/c1-30(2)35-16-21-38(22-17-35)49(39-23-18-36(19-24-39)31(3)4)42-27-34(29-52-45-13-9-7-11-32(45)5)15-25-40(42)47-33(6)41-28-37(20-26-44(41)51(47)49)48-50-43-12-8-10-14-46(43)53-48/h7-15,20,25-28,30-31,35-36,38-39H,16-19,21-24,29H2,1-6H3. The van der Waals surface area contributed by atoms with E-state index in [1.807, 2.05) is 23.1 Å². The fourth-order valence-corrected chi connectivity index (χ4v) is 13.0. The first-order chi connectivity index (χ1) is 25.7. The van der Waals surface area contributed by atoms with Crippen molar-refractivity contribution in [2.75, 3.05) is 0 Å². The average Bonchev–Trinajstić information content (AvgIpc) is 3.84. The second-order valence-electron chi connectivity index (χ2n) is 17.5. The maximum Gasteiger partial charge on any atom is 0.124 e. The van der Waals surface area contributed by atoms with Crippen LogP contribution in [0.4, 0.5) is 0 Å². The van der Waals surface area contributed by atoms with E-state index < -0.39 is 0 Å². The Morgan fingerprint density at radius 2 is 1.42 bits per heavy atom. The van der Waals surface area contributed by atoms with Gasteiger partial charge >= 0.3 is 0 Å². The molecule has 0 saturated heterocycles. The summed E-state index contributed by atoms with van der Waals surface area (Å²) in [4.78, 5) is 6.50. The minimum absolute atomic E-state index is 0.0260. The predicted molar refractivity (Wildman–Crippen MR) is 229 cm³/mol. The molecule has 0 spiro atoms. The summed E-state index contributed by atoms with van der Waals surface area (Å²) in [5, 5.41) is 2.54. The van der Waals surface area contributed by atoms with Gasteiger partial charge in [0.1, 0.15) is 5.01 Å². The number of para-hydroxylation sites is 1. The second kappa shape index (κ2) is 14.1. The molecule has 0 unspecified atom stereocenters. The Labute approximate surface area is 325 Å². The van der Waals surface area contributed by atoms with Crippen LogP contribution in [0.3, 0.4) is 0 Å². The molecule has 53 heavy (non-hydrogen) atoms. The highest BCUT2D eigenvalue weighted by molar-refractivity contribution is 7.98. The molecule has 4 heteroatoms. The van der Waals surface area contributed by atoms with Crippen molar-refractivity contribution in [3.8, 4) is 21.8 Å². The van der Waals surface area contributed by atoms with Crippen LogP contribution in [-0.4, -0.2) is 9.55 Å². The number of rotatable bonds is 8. The molecule has 2 aliphatic carbocycles. The van der Waals surface area contributed by atoms with Gasteiger partial charge in [-0.05, 0) is 159 Å². The Morgan fingerprint density at radius 3 is 2.08 bits per heavy atom. The van der Waals surface area contributed by atoms with Crippen molar-refractivity contribution in [1.82, 2.24) is 9.55 Å². The zero-order chi connectivity index (χ0) is 36.4. The molecule has 0 N–H and O–H groups in total. The third-order valence-corrected chi connectivity index (χ3v) is 16.4. The van der Waals surface area contributed by atoms with Crippen LogP contribution in [0.1, 0.15) is 101 Å². The number of aryl methyl sites for hydroxylation is 2. The van der Waals surface area contributed by atoms with Crippen LogP contribution in [0.25, 0.3) is 42.9 Å². The van der Waals surface area contributed by atoms with E-state index in [-0.39, 0.29) is 5.54 Å².